The summed E-state index contributed by atoms with van der Waals surface area (Å²) in [5.74, 6) is -2.36. The second-order valence-electron chi connectivity index (χ2n) is 4.88. The lowest BCUT2D eigenvalue weighted by Gasteiger charge is -2.20. The Morgan fingerprint density at radius 2 is 1.77 bits per heavy atom. The van der Waals surface area contributed by atoms with Gasteiger partial charge in [-0.15, -0.1) is 0 Å². The summed E-state index contributed by atoms with van der Waals surface area (Å²) in [6, 6.07) is 1.44. The van der Waals surface area contributed by atoms with Crippen molar-refractivity contribution in [2.45, 2.75) is 20.8 Å². The molecule has 0 amide bonds. The van der Waals surface area contributed by atoms with E-state index in [0.29, 0.717) is 5.56 Å². The van der Waals surface area contributed by atoms with Gasteiger partial charge >= 0.3 is 5.97 Å². The van der Waals surface area contributed by atoms with E-state index in [0.717, 1.165) is 13.0 Å². The molecule has 1 aliphatic rings. The van der Waals surface area contributed by atoms with Crippen molar-refractivity contribution in [2.75, 3.05) is 7.11 Å². The second kappa shape index (κ2) is 5.55. The molecule has 0 unspecified atom stereocenters. The van der Waals surface area contributed by atoms with Crippen LogP contribution in [0.4, 0.5) is 0 Å². The van der Waals surface area contributed by atoms with Gasteiger partial charge in [-0.05, 0) is 25.5 Å². The Kier molecular flexibility index (Phi) is 3.95. The third-order valence-electron chi connectivity index (χ3n) is 3.27. The van der Waals surface area contributed by atoms with E-state index in [1.807, 2.05) is 0 Å². The number of allylic oxidation sites excluding steroid dienone is 2. The number of aryl methyl sites for hydroxylation is 1. The van der Waals surface area contributed by atoms with E-state index in [9.17, 15) is 19.2 Å². The molecule has 2 rings (SSSR count). The van der Waals surface area contributed by atoms with E-state index >= 15 is 0 Å². The average molecular weight is 302 g/mol. The Morgan fingerprint density at radius 1 is 1.14 bits per heavy atom. The van der Waals surface area contributed by atoms with E-state index < -0.39 is 17.5 Å². The number of esters is 1. The minimum Gasteiger partial charge on any atom is -0.492 e. The van der Waals surface area contributed by atoms with Gasteiger partial charge in [-0.1, -0.05) is 0 Å². The van der Waals surface area contributed by atoms with Gasteiger partial charge in [-0.25, -0.2) is 0 Å². The first-order valence-electron chi connectivity index (χ1n) is 6.49. The van der Waals surface area contributed by atoms with Gasteiger partial charge in [0.25, 0.3) is 0 Å². The first kappa shape index (κ1) is 15.6. The molecule has 6 heteroatoms. The van der Waals surface area contributed by atoms with Crippen LogP contribution in [0.15, 0.2) is 17.9 Å². The predicted octanol–water partition coefficient (Wildman–Crippen LogP) is 2.03. The number of carbonyl (C=O) groups excluding carboxylic acids is 4. The SMILES string of the molecule is COC1=CC(=O)c2c(cc(C)c(C(C)=O)c2OC(C)=O)C1=O. The Balaban J connectivity index is 2.84. The van der Waals surface area contributed by atoms with Crippen LogP contribution in [0.5, 0.6) is 5.75 Å². The van der Waals surface area contributed by atoms with Crippen molar-refractivity contribution >= 4 is 23.3 Å². The van der Waals surface area contributed by atoms with Crippen molar-refractivity contribution in [2.24, 2.45) is 0 Å². The Hall–Kier alpha value is -2.76. The molecule has 6 nitrogen and oxygen atoms in total. The van der Waals surface area contributed by atoms with Crippen LogP contribution in [-0.4, -0.2) is 30.4 Å². The molecule has 1 aromatic rings. The summed E-state index contributed by atoms with van der Waals surface area (Å²) in [6.07, 6.45) is 1.02. The monoisotopic (exact) mass is 302 g/mol. The molecule has 0 bridgehead atoms. The maximum atomic E-state index is 12.3. The van der Waals surface area contributed by atoms with Gasteiger partial charge in [0.15, 0.2) is 23.1 Å². The summed E-state index contributed by atoms with van der Waals surface area (Å²) in [5.41, 5.74) is 0.533. The van der Waals surface area contributed by atoms with Gasteiger partial charge in [0.1, 0.15) is 0 Å². The van der Waals surface area contributed by atoms with Crippen LogP contribution in [0.1, 0.15) is 50.5 Å². The highest BCUT2D eigenvalue weighted by molar-refractivity contribution is 6.26. The van der Waals surface area contributed by atoms with Crippen molar-refractivity contribution in [3.8, 4) is 5.75 Å². The maximum Gasteiger partial charge on any atom is 0.308 e. The minimum absolute atomic E-state index is 0.0584. The third kappa shape index (κ3) is 2.43. The van der Waals surface area contributed by atoms with Crippen LogP contribution >= 0.6 is 0 Å². The lowest BCUT2D eigenvalue weighted by molar-refractivity contribution is -0.131. The zero-order valence-corrected chi connectivity index (χ0v) is 12.6. The van der Waals surface area contributed by atoms with Gasteiger partial charge < -0.3 is 9.47 Å². The molecule has 22 heavy (non-hydrogen) atoms. The van der Waals surface area contributed by atoms with Crippen LogP contribution < -0.4 is 4.74 Å². The minimum atomic E-state index is -0.683. The van der Waals surface area contributed by atoms with Crippen molar-refractivity contribution in [1.82, 2.24) is 0 Å². The number of benzene rings is 1. The summed E-state index contributed by atoms with van der Waals surface area (Å²) in [7, 11) is 1.28. The first-order valence-corrected chi connectivity index (χ1v) is 6.49. The maximum absolute atomic E-state index is 12.3. The van der Waals surface area contributed by atoms with Gasteiger partial charge in [-0.2, -0.15) is 0 Å². The van der Waals surface area contributed by atoms with Crippen LogP contribution in [-0.2, 0) is 9.53 Å². The van der Waals surface area contributed by atoms with E-state index in [2.05, 4.69) is 0 Å². The Labute approximate surface area is 126 Å². The number of Topliss-reactive ketones (excluding diaryl/α,β-unsaturated/α-hetero) is 2. The number of ketones is 3. The molecule has 0 N–H and O–H groups in total. The third-order valence-corrected chi connectivity index (χ3v) is 3.27. The zero-order chi connectivity index (χ0) is 16.6. The molecular weight excluding hydrogens is 288 g/mol. The van der Waals surface area contributed by atoms with E-state index in [1.165, 1.54) is 20.1 Å². The van der Waals surface area contributed by atoms with Gasteiger partial charge in [-0.3, -0.25) is 19.2 Å². The highest BCUT2D eigenvalue weighted by Gasteiger charge is 2.33. The quantitative estimate of drug-likeness (QED) is 0.482. The molecule has 1 aliphatic carbocycles. The molecule has 0 radical (unpaired) electrons. The number of hydrogen-bond donors (Lipinski definition) is 0. The smallest absolute Gasteiger partial charge is 0.308 e. The van der Waals surface area contributed by atoms with Crippen LogP contribution in [0, 0.1) is 6.92 Å². The van der Waals surface area contributed by atoms with Crippen LogP contribution in [0.3, 0.4) is 0 Å². The topological polar surface area (TPSA) is 86.7 Å². The summed E-state index contributed by atoms with van der Waals surface area (Å²) in [6.45, 7) is 4.06. The van der Waals surface area contributed by atoms with Gasteiger partial charge in [0.2, 0.25) is 5.78 Å². The van der Waals surface area contributed by atoms with E-state index in [4.69, 9.17) is 9.47 Å². The molecule has 0 aliphatic heterocycles. The highest BCUT2D eigenvalue weighted by atomic mass is 16.5. The van der Waals surface area contributed by atoms with Crippen molar-refractivity contribution in [1.29, 1.82) is 0 Å². The summed E-state index contributed by atoms with van der Waals surface area (Å²) >= 11 is 0. The first-order chi connectivity index (χ1) is 10.3. The molecule has 0 saturated heterocycles. The lowest BCUT2D eigenvalue weighted by atomic mass is 9.87. The van der Waals surface area contributed by atoms with Crippen molar-refractivity contribution in [3.63, 3.8) is 0 Å². The summed E-state index contributed by atoms with van der Waals surface area (Å²) in [5, 5.41) is 0. The standard InChI is InChI=1S/C16H14O6/c1-7-5-10-14(11(19)6-12(21-4)15(10)20)16(22-9(3)18)13(7)8(2)17/h5-6H,1-4H3. The fraction of sp³-hybridized carbons (Fsp3) is 0.250. The van der Waals surface area contributed by atoms with Gasteiger partial charge in [0, 0.05) is 18.6 Å². The largest absolute Gasteiger partial charge is 0.492 e. The Bertz CT molecular complexity index is 754. The lowest BCUT2D eigenvalue weighted by Crippen LogP contribution is -2.22. The summed E-state index contributed by atoms with van der Waals surface area (Å²) in [4.78, 5) is 47.7. The summed E-state index contributed by atoms with van der Waals surface area (Å²) < 4.78 is 9.96. The van der Waals surface area contributed by atoms with Crippen molar-refractivity contribution in [3.05, 3.63) is 40.2 Å². The highest BCUT2D eigenvalue weighted by Crippen LogP contribution is 2.35. The zero-order valence-electron chi connectivity index (χ0n) is 12.6. The number of ether oxygens (including phenoxy) is 2. The molecule has 114 valence electrons. The second-order valence-corrected chi connectivity index (χ2v) is 4.88. The molecule has 0 fully saturated rings. The van der Waals surface area contributed by atoms with Crippen LogP contribution in [0.25, 0.3) is 0 Å². The van der Waals surface area contributed by atoms with E-state index in [-0.39, 0.29) is 34.0 Å². The van der Waals surface area contributed by atoms with Gasteiger partial charge in [0.05, 0.1) is 18.2 Å². The molecule has 0 aromatic heterocycles. The Morgan fingerprint density at radius 3 is 2.27 bits per heavy atom. The number of fused-ring (bicyclic) bond motifs is 1. The number of methoxy groups -OCH3 is 1. The molecule has 0 spiro atoms. The molecule has 0 saturated carbocycles. The normalized spacial score (nSPS) is 13.4. The molecule has 0 heterocycles. The van der Waals surface area contributed by atoms with Crippen LogP contribution in [0.2, 0.25) is 0 Å². The molecule has 0 atom stereocenters. The number of carbonyl (C=O) groups is 4. The number of rotatable bonds is 3. The fourth-order valence-electron chi connectivity index (χ4n) is 2.44. The molecule has 1 aromatic carbocycles. The number of hydrogen-bond acceptors (Lipinski definition) is 6. The molecular formula is C16H14O6. The predicted molar refractivity (Wildman–Crippen MR) is 76.2 cm³/mol. The fourth-order valence-corrected chi connectivity index (χ4v) is 2.44. The van der Waals surface area contributed by atoms with E-state index in [1.54, 1.807) is 6.92 Å². The van der Waals surface area contributed by atoms with Crippen molar-refractivity contribution < 1.29 is 28.7 Å². The average Bonchev–Trinajstić information content (AvgIpc) is 2.41.